The molecule has 0 saturated heterocycles. The molecule has 0 aromatic heterocycles. The number of hydrogen-bond donors (Lipinski definition) is 2. The molecule has 0 atom stereocenters. The standard InChI is InChI=1S/C14H12N2O6S/c1-9-3-2-4-12(14(17)18)13(9)15-23(21,22)11-7-5-10(6-8-11)16(19)20/h2-8,15H,1H3,(H,17,18). The Balaban J connectivity index is 2.43. The van der Waals surface area contributed by atoms with E-state index in [2.05, 4.69) is 4.72 Å². The highest BCUT2D eigenvalue weighted by molar-refractivity contribution is 7.92. The van der Waals surface area contributed by atoms with Crippen LogP contribution < -0.4 is 4.72 Å². The van der Waals surface area contributed by atoms with Crippen LogP contribution in [0.3, 0.4) is 0 Å². The van der Waals surface area contributed by atoms with Crippen LogP contribution in [0.15, 0.2) is 47.4 Å². The van der Waals surface area contributed by atoms with E-state index >= 15 is 0 Å². The Morgan fingerprint density at radius 3 is 2.30 bits per heavy atom. The molecule has 2 aromatic carbocycles. The number of benzene rings is 2. The van der Waals surface area contributed by atoms with E-state index in [4.69, 9.17) is 5.11 Å². The van der Waals surface area contributed by atoms with Gasteiger partial charge in [0.2, 0.25) is 0 Å². The molecule has 0 aliphatic carbocycles. The number of rotatable bonds is 5. The molecule has 0 fully saturated rings. The number of carboxylic acid groups (broad SMARTS) is 1. The van der Waals surface area contributed by atoms with Crippen LogP contribution in [0.25, 0.3) is 0 Å². The maximum atomic E-state index is 12.3. The van der Waals surface area contributed by atoms with Gasteiger partial charge in [0.15, 0.2) is 0 Å². The summed E-state index contributed by atoms with van der Waals surface area (Å²) in [5.74, 6) is -1.27. The quantitative estimate of drug-likeness (QED) is 0.637. The van der Waals surface area contributed by atoms with Gasteiger partial charge in [-0.25, -0.2) is 13.2 Å². The number of anilines is 1. The molecule has 2 aromatic rings. The number of hydrogen-bond acceptors (Lipinski definition) is 5. The summed E-state index contributed by atoms with van der Waals surface area (Å²) in [6, 6.07) is 8.64. The molecular formula is C14H12N2O6S. The van der Waals surface area contributed by atoms with Crippen molar-refractivity contribution in [1.82, 2.24) is 0 Å². The Labute approximate surface area is 131 Å². The molecule has 2 N–H and O–H groups in total. The normalized spacial score (nSPS) is 11.0. The van der Waals surface area contributed by atoms with Crippen LogP contribution in [0.4, 0.5) is 11.4 Å². The first-order valence-corrected chi connectivity index (χ1v) is 7.81. The molecule has 0 spiro atoms. The number of para-hydroxylation sites is 1. The number of nitro benzene ring substituents is 1. The van der Waals surface area contributed by atoms with Gasteiger partial charge in [-0.15, -0.1) is 0 Å². The third kappa shape index (κ3) is 3.46. The first-order valence-electron chi connectivity index (χ1n) is 6.32. The Bertz CT molecular complexity index is 875. The summed E-state index contributed by atoms with van der Waals surface area (Å²) in [4.78, 5) is 20.9. The van der Waals surface area contributed by atoms with Crippen LogP contribution in [-0.2, 0) is 10.0 Å². The summed E-state index contributed by atoms with van der Waals surface area (Å²) in [6.07, 6.45) is 0. The zero-order chi connectivity index (χ0) is 17.2. The molecule has 8 nitrogen and oxygen atoms in total. The first-order chi connectivity index (χ1) is 10.7. The van der Waals surface area contributed by atoms with Crippen molar-refractivity contribution in [1.29, 1.82) is 0 Å². The summed E-state index contributed by atoms with van der Waals surface area (Å²) in [7, 11) is -4.07. The number of sulfonamides is 1. The summed E-state index contributed by atoms with van der Waals surface area (Å²) in [5.41, 5.74) is -0.0321. The molecule has 0 radical (unpaired) electrons. The van der Waals surface area contributed by atoms with Crippen LogP contribution in [0.2, 0.25) is 0 Å². The van der Waals surface area contributed by atoms with Gasteiger partial charge < -0.3 is 5.11 Å². The molecule has 0 amide bonds. The van der Waals surface area contributed by atoms with Gasteiger partial charge in [-0.3, -0.25) is 14.8 Å². The summed E-state index contributed by atoms with van der Waals surface area (Å²) in [5, 5.41) is 19.7. The van der Waals surface area contributed by atoms with E-state index in [9.17, 15) is 23.3 Å². The van der Waals surface area contributed by atoms with E-state index in [0.717, 1.165) is 24.3 Å². The highest BCUT2D eigenvalue weighted by atomic mass is 32.2. The van der Waals surface area contributed by atoms with Crippen molar-refractivity contribution in [2.24, 2.45) is 0 Å². The number of carbonyl (C=O) groups is 1. The zero-order valence-electron chi connectivity index (χ0n) is 11.9. The second-order valence-corrected chi connectivity index (χ2v) is 6.34. The molecular weight excluding hydrogens is 324 g/mol. The Kier molecular flexibility index (Phi) is 4.32. The maximum Gasteiger partial charge on any atom is 0.337 e. The van der Waals surface area contributed by atoms with E-state index in [1.54, 1.807) is 13.0 Å². The van der Waals surface area contributed by atoms with Gasteiger partial charge in [0.05, 0.1) is 21.1 Å². The third-order valence-corrected chi connectivity index (χ3v) is 4.46. The molecule has 23 heavy (non-hydrogen) atoms. The van der Waals surface area contributed by atoms with Gasteiger partial charge in [0, 0.05) is 12.1 Å². The summed E-state index contributed by atoms with van der Waals surface area (Å²) < 4.78 is 26.9. The fourth-order valence-corrected chi connectivity index (χ4v) is 3.07. The fraction of sp³-hybridized carbons (Fsp3) is 0.0714. The predicted octanol–water partition coefficient (Wildman–Crippen LogP) is 2.40. The highest BCUT2D eigenvalue weighted by Gasteiger charge is 2.20. The molecule has 0 aliphatic rings. The van der Waals surface area contributed by atoms with Crippen molar-refractivity contribution >= 4 is 27.4 Å². The minimum absolute atomic E-state index is 0.0432. The lowest BCUT2D eigenvalue weighted by molar-refractivity contribution is -0.384. The minimum atomic E-state index is -4.07. The SMILES string of the molecule is Cc1cccc(C(=O)O)c1NS(=O)(=O)c1ccc([N+](=O)[O-])cc1. The van der Waals surface area contributed by atoms with Gasteiger partial charge in [-0.2, -0.15) is 0 Å². The van der Waals surface area contributed by atoms with Gasteiger partial charge in [0.1, 0.15) is 0 Å². The average molecular weight is 336 g/mol. The van der Waals surface area contributed by atoms with E-state index in [1.165, 1.54) is 12.1 Å². The van der Waals surface area contributed by atoms with E-state index in [-0.39, 0.29) is 21.8 Å². The van der Waals surface area contributed by atoms with Crippen LogP contribution in [0.5, 0.6) is 0 Å². The van der Waals surface area contributed by atoms with Crippen molar-refractivity contribution in [3.8, 4) is 0 Å². The second-order valence-electron chi connectivity index (χ2n) is 4.66. The number of aryl methyl sites for hydroxylation is 1. The van der Waals surface area contributed by atoms with Gasteiger partial charge in [-0.05, 0) is 30.7 Å². The third-order valence-electron chi connectivity index (χ3n) is 3.10. The second kappa shape index (κ2) is 6.05. The minimum Gasteiger partial charge on any atom is -0.478 e. The van der Waals surface area contributed by atoms with Crippen LogP contribution in [-0.4, -0.2) is 24.4 Å². The lowest BCUT2D eigenvalue weighted by Gasteiger charge is -2.13. The molecule has 0 bridgehead atoms. The van der Waals surface area contributed by atoms with E-state index in [0.29, 0.717) is 5.56 Å². The fourth-order valence-electron chi connectivity index (χ4n) is 1.92. The molecule has 0 heterocycles. The zero-order valence-corrected chi connectivity index (χ0v) is 12.7. The van der Waals surface area contributed by atoms with Gasteiger partial charge >= 0.3 is 5.97 Å². The molecule has 9 heteroatoms. The number of nitrogens with one attached hydrogen (secondary N) is 1. The van der Waals surface area contributed by atoms with Gasteiger partial charge in [-0.1, -0.05) is 12.1 Å². The van der Waals surface area contributed by atoms with Crippen molar-refractivity contribution in [3.63, 3.8) is 0 Å². The van der Waals surface area contributed by atoms with Gasteiger partial charge in [0.25, 0.3) is 15.7 Å². The molecule has 0 saturated carbocycles. The Hall–Kier alpha value is -2.94. The molecule has 0 unspecified atom stereocenters. The van der Waals surface area contributed by atoms with Crippen molar-refractivity contribution < 1.29 is 23.2 Å². The van der Waals surface area contributed by atoms with Crippen LogP contribution in [0, 0.1) is 17.0 Å². The Morgan fingerprint density at radius 2 is 1.78 bits per heavy atom. The summed E-state index contributed by atoms with van der Waals surface area (Å²) in [6.45, 7) is 1.57. The average Bonchev–Trinajstić information content (AvgIpc) is 2.49. The van der Waals surface area contributed by atoms with Crippen molar-refractivity contribution in [2.75, 3.05) is 4.72 Å². The number of nitro groups is 1. The van der Waals surface area contributed by atoms with E-state index < -0.39 is 20.9 Å². The molecule has 2 rings (SSSR count). The number of non-ortho nitro benzene ring substituents is 1. The van der Waals surface area contributed by atoms with Crippen molar-refractivity contribution in [3.05, 3.63) is 63.7 Å². The number of carboxylic acids is 1. The lowest BCUT2D eigenvalue weighted by atomic mass is 10.1. The lowest BCUT2D eigenvalue weighted by Crippen LogP contribution is -2.16. The molecule has 0 aliphatic heterocycles. The smallest absolute Gasteiger partial charge is 0.337 e. The predicted molar refractivity (Wildman–Crippen MR) is 82.0 cm³/mol. The van der Waals surface area contributed by atoms with E-state index in [1.807, 2.05) is 0 Å². The Morgan fingerprint density at radius 1 is 1.17 bits per heavy atom. The molecule has 120 valence electrons. The number of nitrogens with zero attached hydrogens (tertiary/aromatic N) is 1. The number of aromatic carboxylic acids is 1. The largest absolute Gasteiger partial charge is 0.478 e. The summed E-state index contributed by atoms with van der Waals surface area (Å²) >= 11 is 0. The monoisotopic (exact) mass is 336 g/mol. The first kappa shape index (κ1) is 16.4. The van der Waals surface area contributed by atoms with Crippen LogP contribution >= 0.6 is 0 Å². The van der Waals surface area contributed by atoms with Crippen molar-refractivity contribution in [2.45, 2.75) is 11.8 Å². The maximum absolute atomic E-state index is 12.3. The van der Waals surface area contributed by atoms with Crippen LogP contribution in [0.1, 0.15) is 15.9 Å². The topological polar surface area (TPSA) is 127 Å². The highest BCUT2D eigenvalue weighted by Crippen LogP contribution is 2.25.